The van der Waals surface area contributed by atoms with Crippen LogP contribution in [0.1, 0.15) is 20.8 Å². The molecule has 6 heteroatoms. The Morgan fingerprint density at radius 2 is 1.86 bits per heavy atom. The fourth-order valence-electron chi connectivity index (χ4n) is 2.40. The maximum atomic E-state index is 12.3. The molecule has 0 bridgehead atoms. The van der Waals surface area contributed by atoms with E-state index < -0.39 is 0 Å². The van der Waals surface area contributed by atoms with Gasteiger partial charge in [-0.2, -0.15) is 0 Å². The molecule has 152 valence electrons. The Labute approximate surface area is 167 Å². The quantitative estimate of drug-likeness (QED) is 0.536. The van der Waals surface area contributed by atoms with Gasteiger partial charge in [0.25, 0.3) is 0 Å². The van der Waals surface area contributed by atoms with E-state index in [1.54, 1.807) is 6.07 Å². The minimum Gasteiger partial charge on any atom is -0.491 e. The van der Waals surface area contributed by atoms with Crippen LogP contribution in [0.3, 0.4) is 0 Å². The molecule has 1 amide bonds. The van der Waals surface area contributed by atoms with Crippen LogP contribution in [0.5, 0.6) is 11.5 Å². The van der Waals surface area contributed by atoms with Gasteiger partial charge in [-0.3, -0.25) is 4.79 Å². The minimum atomic E-state index is -0.148. The van der Waals surface area contributed by atoms with Crippen LogP contribution in [0.15, 0.2) is 48.5 Å². The average molecular weight is 386 g/mol. The maximum Gasteiger partial charge on any atom is 0.243 e. The van der Waals surface area contributed by atoms with Crippen LogP contribution in [0.4, 0.5) is 11.4 Å². The second-order valence-electron chi connectivity index (χ2n) is 6.68. The summed E-state index contributed by atoms with van der Waals surface area (Å²) in [7, 11) is 0. The lowest BCUT2D eigenvalue weighted by atomic mass is 10.2. The first-order valence-corrected chi connectivity index (χ1v) is 9.64. The van der Waals surface area contributed by atoms with Gasteiger partial charge in [-0.1, -0.05) is 32.0 Å². The molecule has 0 heterocycles. The molecule has 0 radical (unpaired) electrons. The third kappa shape index (κ3) is 7.88. The van der Waals surface area contributed by atoms with Crippen LogP contribution in [-0.4, -0.2) is 38.9 Å². The maximum absolute atomic E-state index is 12.3. The largest absolute Gasteiger partial charge is 0.491 e. The first kappa shape index (κ1) is 21.6. The SMILES string of the molecule is CCOCCOc1cccc(NC(=O)CNc2ccccc2OCC(C)C)c1. The van der Waals surface area contributed by atoms with Crippen LogP contribution in [0.25, 0.3) is 0 Å². The fraction of sp³-hybridized carbons (Fsp3) is 0.409. The molecule has 2 aromatic rings. The highest BCUT2D eigenvalue weighted by molar-refractivity contribution is 5.94. The summed E-state index contributed by atoms with van der Waals surface area (Å²) in [6, 6.07) is 14.9. The smallest absolute Gasteiger partial charge is 0.243 e. The third-order valence-corrected chi connectivity index (χ3v) is 3.72. The van der Waals surface area contributed by atoms with E-state index in [0.29, 0.717) is 43.8 Å². The Morgan fingerprint density at radius 1 is 1.04 bits per heavy atom. The summed E-state index contributed by atoms with van der Waals surface area (Å²) in [5.74, 6) is 1.72. The van der Waals surface area contributed by atoms with Crippen molar-refractivity contribution in [3.05, 3.63) is 48.5 Å². The zero-order valence-corrected chi connectivity index (χ0v) is 16.9. The summed E-state index contributed by atoms with van der Waals surface area (Å²) in [5.41, 5.74) is 1.48. The molecular formula is C22H30N2O4. The Balaban J connectivity index is 1.84. The minimum absolute atomic E-state index is 0.136. The van der Waals surface area contributed by atoms with Gasteiger partial charge in [0.15, 0.2) is 0 Å². The van der Waals surface area contributed by atoms with Gasteiger partial charge in [0.1, 0.15) is 18.1 Å². The molecule has 0 unspecified atom stereocenters. The predicted octanol–water partition coefficient (Wildman–Crippen LogP) is 4.19. The standard InChI is InChI=1S/C22H30N2O4/c1-4-26-12-13-27-19-9-7-8-18(14-19)24-22(25)15-23-20-10-5-6-11-21(20)28-16-17(2)3/h5-11,14,17,23H,4,12-13,15-16H2,1-3H3,(H,24,25). The molecule has 0 aliphatic carbocycles. The summed E-state index contributed by atoms with van der Waals surface area (Å²) < 4.78 is 16.7. The number of amides is 1. The van der Waals surface area contributed by atoms with Gasteiger partial charge in [-0.15, -0.1) is 0 Å². The van der Waals surface area contributed by atoms with Crippen molar-refractivity contribution in [3.8, 4) is 11.5 Å². The summed E-state index contributed by atoms with van der Waals surface area (Å²) in [6.45, 7) is 8.57. The zero-order valence-electron chi connectivity index (χ0n) is 16.9. The second kappa shape index (κ2) is 11.9. The molecule has 2 aromatic carbocycles. The van der Waals surface area contributed by atoms with Crippen LogP contribution in [-0.2, 0) is 9.53 Å². The van der Waals surface area contributed by atoms with Gasteiger partial charge in [-0.25, -0.2) is 0 Å². The van der Waals surface area contributed by atoms with E-state index in [4.69, 9.17) is 14.2 Å². The highest BCUT2D eigenvalue weighted by Crippen LogP contribution is 2.24. The van der Waals surface area contributed by atoms with E-state index in [-0.39, 0.29) is 12.5 Å². The number of carbonyl (C=O) groups excluding carboxylic acids is 1. The molecule has 0 aromatic heterocycles. The molecule has 0 fully saturated rings. The van der Waals surface area contributed by atoms with Gasteiger partial charge in [0, 0.05) is 18.4 Å². The zero-order chi connectivity index (χ0) is 20.2. The molecule has 28 heavy (non-hydrogen) atoms. The monoisotopic (exact) mass is 386 g/mol. The summed E-state index contributed by atoms with van der Waals surface area (Å²) in [4.78, 5) is 12.3. The number of benzene rings is 2. The molecule has 2 N–H and O–H groups in total. The van der Waals surface area contributed by atoms with Crippen molar-refractivity contribution >= 4 is 17.3 Å². The van der Waals surface area contributed by atoms with Crippen LogP contribution < -0.4 is 20.1 Å². The van der Waals surface area contributed by atoms with E-state index in [1.807, 2.05) is 49.4 Å². The predicted molar refractivity (Wildman–Crippen MR) is 112 cm³/mol. The average Bonchev–Trinajstić information content (AvgIpc) is 2.69. The molecule has 0 aliphatic heterocycles. The lowest BCUT2D eigenvalue weighted by Gasteiger charge is -2.14. The Hall–Kier alpha value is -2.73. The van der Waals surface area contributed by atoms with Crippen molar-refractivity contribution in [3.63, 3.8) is 0 Å². The van der Waals surface area contributed by atoms with Crippen LogP contribution in [0, 0.1) is 5.92 Å². The third-order valence-electron chi connectivity index (χ3n) is 3.72. The highest BCUT2D eigenvalue weighted by Gasteiger charge is 2.07. The number of hydrogen-bond donors (Lipinski definition) is 2. The molecular weight excluding hydrogens is 356 g/mol. The number of para-hydroxylation sites is 2. The van der Waals surface area contributed by atoms with Gasteiger partial charge in [0.2, 0.25) is 5.91 Å². The Morgan fingerprint density at radius 3 is 2.64 bits per heavy atom. The summed E-state index contributed by atoms with van der Waals surface area (Å²) in [5, 5.41) is 6.01. The van der Waals surface area contributed by atoms with Crippen LogP contribution in [0.2, 0.25) is 0 Å². The number of ether oxygens (including phenoxy) is 3. The number of hydrogen-bond acceptors (Lipinski definition) is 5. The molecule has 0 saturated heterocycles. The lowest BCUT2D eigenvalue weighted by molar-refractivity contribution is -0.114. The van der Waals surface area contributed by atoms with Crippen molar-refractivity contribution in [2.75, 3.05) is 43.6 Å². The Kier molecular flexibility index (Phi) is 9.15. The number of rotatable bonds is 12. The first-order valence-electron chi connectivity index (χ1n) is 9.64. The number of nitrogens with one attached hydrogen (secondary N) is 2. The molecule has 0 saturated carbocycles. The van der Waals surface area contributed by atoms with E-state index in [0.717, 1.165) is 11.4 Å². The van der Waals surface area contributed by atoms with E-state index in [2.05, 4.69) is 24.5 Å². The second-order valence-corrected chi connectivity index (χ2v) is 6.68. The fourth-order valence-corrected chi connectivity index (χ4v) is 2.40. The topological polar surface area (TPSA) is 68.8 Å². The van der Waals surface area contributed by atoms with E-state index in [1.165, 1.54) is 0 Å². The molecule has 0 spiro atoms. The van der Waals surface area contributed by atoms with E-state index in [9.17, 15) is 4.79 Å². The Bertz CT molecular complexity index is 734. The summed E-state index contributed by atoms with van der Waals surface area (Å²) in [6.07, 6.45) is 0. The van der Waals surface area contributed by atoms with Gasteiger partial charge in [-0.05, 0) is 37.1 Å². The van der Waals surface area contributed by atoms with Crippen molar-refractivity contribution in [1.82, 2.24) is 0 Å². The van der Waals surface area contributed by atoms with Crippen molar-refractivity contribution in [2.45, 2.75) is 20.8 Å². The first-order chi connectivity index (χ1) is 13.6. The lowest BCUT2D eigenvalue weighted by Crippen LogP contribution is -2.22. The highest BCUT2D eigenvalue weighted by atomic mass is 16.5. The van der Waals surface area contributed by atoms with Crippen molar-refractivity contribution in [2.24, 2.45) is 5.92 Å². The molecule has 0 aliphatic rings. The molecule has 6 nitrogen and oxygen atoms in total. The normalized spacial score (nSPS) is 10.6. The van der Waals surface area contributed by atoms with E-state index >= 15 is 0 Å². The van der Waals surface area contributed by atoms with Crippen molar-refractivity contribution < 1.29 is 19.0 Å². The van der Waals surface area contributed by atoms with Gasteiger partial charge < -0.3 is 24.8 Å². The molecule has 2 rings (SSSR count). The van der Waals surface area contributed by atoms with Gasteiger partial charge in [0.05, 0.1) is 25.4 Å². The van der Waals surface area contributed by atoms with Crippen LogP contribution >= 0.6 is 0 Å². The number of anilines is 2. The van der Waals surface area contributed by atoms with Crippen molar-refractivity contribution in [1.29, 1.82) is 0 Å². The molecule has 0 atom stereocenters. The van der Waals surface area contributed by atoms with Gasteiger partial charge >= 0.3 is 0 Å². The number of carbonyl (C=O) groups is 1. The summed E-state index contributed by atoms with van der Waals surface area (Å²) >= 11 is 0.